The zero-order valence-electron chi connectivity index (χ0n) is 18.5. The number of para-hydroxylation sites is 1. The lowest BCUT2D eigenvalue weighted by Gasteiger charge is -2.18. The van der Waals surface area contributed by atoms with Crippen molar-refractivity contribution in [3.05, 3.63) is 59.4 Å². The molecule has 0 saturated heterocycles. The molecule has 170 valence electrons. The van der Waals surface area contributed by atoms with Crippen molar-refractivity contribution in [2.45, 2.75) is 38.6 Å². The Labute approximate surface area is 197 Å². The molecule has 0 bridgehead atoms. The quantitative estimate of drug-likeness (QED) is 0.393. The van der Waals surface area contributed by atoms with Crippen LogP contribution in [0.5, 0.6) is 11.5 Å². The summed E-state index contributed by atoms with van der Waals surface area (Å²) < 4.78 is 13.3. The van der Waals surface area contributed by atoms with E-state index >= 15 is 0 Å². The van der Waals surface area contributed by atoms with Gasteiger partial charge in [-0.15, -0.1) is 10.2 Å². The highest BCUT2D eigenvalue weighted by atomic mass is 35.5. The number of carbonyl (C=O) groups is 1. The molecule has 1 amide bonds. The van der Waals surface area contributed by atoms with Crippen LogP contribution in [0.4, 0.5) is 5.69 Å². The fraction of sp³-hybridized carbons (Fsp3) is 0.348. The largest absolute Gasteiger partial charge is 0.497 e. The van der Waals surface area contributed by atoms with E-state index in [0.29, 0.717) is 39.9 Å². The van der Waals surface area contributed by atoms with Crippen LogP contribution < -0.4 is 14.8 Å². The second-order valence-electron chi connectivity index (χ2n) is 7.60. The smallest absolute Gasteiger partial charge is 0.234 e. The van der Waals surface area contributed by atoms with Gasteiger partial charge in [-0.25, -0.2) is 0 Å². The van der Waals surface area contributed by atoms with Crippen molar-refractivity contribution < 1.29 is 14.3 Å². The summed E-state index contributed by atoms with van der Waals surface area (Å²) in [5, 5.41) is 12.7. The van der Waals surface area contributed by atoms with Crippen molar-refractivity contribution in [1.82, 2.24) is 14.8 Å². The number of nitrogens with zero attached hydrogens (tertiary/aromatic N) is 3. The molecule has 0 aliphatic carbocycles. The summed E-state index contributed by atoms with van der Waals surface area (Å²) in [7, 11) is 1.63. The average molecular weight is 475 g/mol. The van der Waals surface area contributed by atoms with Gasteiger partial charge < -0.3 is 19.4 Å². The Morgan fingerprint density at radius 3 is 2.44 bits per heavy atom. The van der Waals surface area contributed by atoms with Crippen LogP contribution in [-0.2, 0) is 11.3 Å². The third-order valence-corrected chi connectivity index (χ3v) is 5.81. The number of rotatable bonds is 10. The normalized spacial score (nSPS) is 11.9. The van der Waals surface area contributed by atoms with Gasteiger partial charge in [0.15, 0.2) is 17.1 Å². The second-order valence-corrected chi connectivity index (χ2v) is 8.95. The molecule has 0 saturated carbocycles. The second kappa shape index (κ2) is 11.2. The monoisotopic (exact) mass is 474 g/mol. The van der Waals surface area contributed by atoms with Gasteiger partial charge in [0.05, 0.1) is 23.6 Å². The van der Waals surface area contributed by atoms with Crippen LogP contribution in [0.2, 0.25) is 5.02 Å². The van der Waals surface area contributed by atoms with Gasteiger partial charge >= 0.3 is 0 Å². The minimum Gasteiger partial charge on any atom is -0.497 e. The lowest BCUT2D eigenvalue weighted by molar-refractivity contribution is -0.113. The van der Waals surface area contributed by atoms with Gasteiger partial charge in [0.2, 0.25) is 5.91 Å². The average Bonchev–Trinajstić information content (AvgIpc) is 3.16. The molecule has 0 fully saturated rings. The number of anilines is 1. The zero-order valence-corrected chi connectivity index (χ0v) is 20.1. The van der Waals surface area contributed by atoms with Crippen LogP contribution in [0.1, 0.15) is 32.7 Å². The SMILES string of the molecule is COc1ccc(OC(C)c2nnc(SCC(=O)Nc3ccccc3Cl)n2CC(C)C)cc1. The lowest BCUT2D eigenvalue weighted by atomic mass is 10.2. The van der Waals surface area contributed by atoms with Gasteiger partial charge in [0.1, 0.15) is 11.5 Å². The van der Waals surface area contributed by atoms with Gasteiger partial charge in [-0.05, 0) is 49.2 Å². The van der Waals surface area contributed by atoms with E-state index in [2.05, 4.69) is 29.4 Å². The number of carbonyl (C=O) groups excluding carboxylic acids is 1. The van der Waals surface area contributed by atoms with Crippen molar-refractivity contribution in [3.8, 4) is 11.5 Å². The molecule has 0 spiro atoms. The topological polar surface area (TPSA) is 78.3 Å². The maximum Gasteiger partial charge on any atom is 0.234 e. The number of aromatic nitrogens is 3. The molecule has 1 N–H and O–H groups in total. The van der Waals surface area contributed by atoms with Gasteiger partial charge in [-0.3, -0.25) is 4.79 Å². The van der Waals surface area contributed by atoms with Crippen LogP contribution in [0.3, 0.4) is 0 Å². The van der Waals surface area contributed by atoms with E-state index in [9.17, 15) is 4.79 Å². The molecule has 0 aliphatic heterocycles. The summed E-state index contributed by atoms with van der Waals surface area (Å²) in [6, 6.07) is 14.5. The molecule has 1 atom stereocenters. The Hall–Kier alpha value is -2.71. The Bertz CT molecular complexity index is 1040. The van der Waals surface area contributed by atoms with E-state index in [1.807, 2.05) is 47.9 Å². The highest BCUT2D eigenvalue weighted by Crippen LogP contribution is 2.27. The third kappa shape index (κ3) is 6.40. The molecule has 1 heterocycles. The summed E-state index contributed by atoms with van der Waals surface area (Å²) in [5.74, 6) is 2.59. The Kier molecular flexibility index (Phi) is 8.41. The Morgan fingerprint density at radius 1 is 1.09 bits per heavy atom. The van der Waals surface area contributed by atoms with Crippen LogP contribution in [0.15, 0.2) is 53.7 Å². The molecule has 3 rings (SSSR count). The number of hydrogen-bond donors (Lipinski definition) is 1. The number of ether oxygens (including phenoxy) is 2. The minimum absolute atomic E-state index is 0.161. The van der Waals surface area contributed by atoms with Crippen molar-refractivity contribution >= 4 is 35.0 Å². The third-order valence-electron chi connectivity index (χ3n) is 4.51. The number of thioether (sulfide) groups is 1. The van der Waals surface area contributed by atoms with E-state index in [1.165, 1.54) is 11.8 Å². The summed E-state index contributed by atoms with van der Waals surface area (Å²) in [5.41, 5.74) is 0.589. The number of amides is 1. The number of halogens is 1. The Morgan fingerprint density at radius 2 is 1.78 bits per heavy atom. The van der Waals surface area contributed by atoms with Gasteiger partial charge in [0.25, 0.3) is 0 Å². The predicted molar refractivity (Wildman–Crippen MR) is 128 cm³/mol. The van der Waals surface area contributed by atoms with Crippen molar-refractivity contribution in [2.24, 2.45) is 5.92 Å². The van der Waals surface area contributed by atoms with Crippen LogP contribution in [0.25, 0.3) is 0 Å². The Balaban J connectivity index is 1.69. The molecule has 1 unspecified atom stereocenters. The highest BCUT2D eigenvalue weighted by molar-refractivity contribution is 7.99. The summed E-state index contributed by atoms with van der Waals surface area (Å²) in [6.45, 7) is 6.89. The first-order valence-electron chi connectivity index (χ1n) is 10.3. The zero-order chi connectivity index (χ0) is 23.1. The minimum atomic E-state index is -0.319. The molecular weight excluding hydrogens is 448 g/mol. The first-order chi connectivity index (χ1) is 15.4. The standard InChI is InChI=1S/C23H27ClN4O3S/c1-15(2)13-28-22(16(3)31-18-11-9-17(30-4)10-12-18)26-27-23(28)32-14-21(29)25-20-8-6-5-7-19(20)24/h5-12,15-16H,13-14H2,1-4H3,(H,25,29). The maximum atomic E-state index is 12.4. The first-order valence-corrected chi connectivity index (χ1v) is 11.6. The van der Waals surface area contributed by atoms with Gasteiger partial charge in [-0.1, -0.05) is 49.3 Å². The number of methoxy groups -OCH3 is 1. The highest BCUT2D eigenvalue weighted by Gasteiger charge is 2.21. The molecular formula is C23H27ClN4O3S. The molecule has 3 aromatic rings. The molecule has 32 heavy (non-hydrogen) atoms. The fourth-order valence-corrected chi connectivity index (χ4v) is 3.97. The van der Waals surface area contributed by atoms with Gasteiger partial charge in [-0.2, -0.15) is 0 Å². The molecule has 0 radical (unpaired) electrons. The van der Waals surface area contributed by atoms with Crippen molar-refractivity contribution in [3.63, 3.8) is 0 Å². The number of hydrogen-bond acceptors (Lipinski definition) is 6. The first kappa shape index (κ1) is 23.9. The van der Waals surface area contributed by atoms with E-state index in [4.69, 9.17) is 21.1 Å². The summed E-state index contributed by atoms with van der Waals surface area (Å²) in [6.07, 6.45) is -0.319. The van der Waals surface area contributed by atoms with E-state index in [0.717, 1.165) is 5.75 Å². The van der Waals surface area contributed by atoms with Crippen molar-refractivity contribution in [2.75, 3.05) is 18.2 Å². The maximum absolute atomic E-state index is 12.4. The summed E-state index contributed by atoms with van der Waals surface area (Å²) in [4.78, 5) is 12.4. The fourth-order valence-electron chi connectivity index (χ4n) is 3.03. The molecule has 9 heteroatoms. The van der Waals surface area contributed by atoms with Crippen LogP contribution in [-0.4, -0.2) is 33.5 Å². The van der Waals surface area contributed by atoms with E-state index < -0.39 is 0 Å². The molecule has 1 aromatic heterocycles. The van der Waals surface area contributed by atoms with Crippen molar-refractivity contribution in [1.29, 1.82) is 0 Å². The van der Waals surface area contributed by atoms with E-state index in [-0.39, 0.29) is 17.8 Å². The number of nitrogens with one attached hydrogen (secondary N) is 1. The molecule has 2 aromatic carbocycles. The predicted octanol–water partition coefficient (Wildman–Crippen LogP) is 5.47. The molecule has 7 nitrogen and oxygen atoms in total. The van der Waals surface area contributed by atoms with Crippen LogP contribution in [0, 0.1) is 5.92 Å². The number of benzene rings is 2. The lowest BCUT2D eigenvalue weighted by Crippen LogP contribution is -2.17. The molecule has 0 aliphatic rings. The summed E-state index contributed by atoms with van der Waals surface area (Å²) >= 11 is 7.45. The van der Waals surface area contributed by atoms with Crippen LogP contribution >= 0.6 is 23.4 Å². The van der Waals surface area contributed by atoms with E-state index in [1.54, 1.807) is 19.2 Å². The van der Waals surface area contributed by atoms with Gasteiger partial charge in [0, 0.05) is 6.54 Å².